The van der Waals surface area contributed by atoms with Crippen LogP contribution < -0.4 is 5.32 Å². The van der Waals surface area contributed by atoms with Crippen molar-refractivity contribution in [2.75, 3.05) is 32.8 Å². The minimum atomic E-state index is -0.407. The van der Waals surface area contributed by atoms with Gasteiger partial charge in [0, 0.05) is 43.1 Å². The first-order valence-electron chi connectivity index (χ1n) is 9.63. The second-order valence-corrected chi connectivity index (χ2v) is 8.87. The molecule has 4 aliphatic rings. The number of carbonyl (C=O) groups excluding carboxylic acids is 1. The maximum Gasteiger partial charge on any atom is 0.233 e. The van der Waals surface area contributed by atoms with Crippen molar-refractivity contribution in [2.45, 2.75) is 36.4 Å². The number of nitrogens with one attached hydrogen (secondary N) is 1. The van der Waals surface area contributed by atoms with E-state index in [1.807, 2.05) is 29.2 Å². The number of likely N-dealkylation sites (tertiary alicyclic amines) is 1. The number of benzene rings is 1. The van der Waals surface area contributed by atoms with Gasteiger partial charge in [0.2, 0.25) is 5.91 Å². The smallest absolute Gasteiger partial charge is 0.233 e. The monoisotopic (exact) mass is 412 g/mol. The topological polar surface area (TPSA) is 61.8 Å². The molecule has 5 nitrogen and oxygen atoms in total. The first kappa shape index (κ1) is 19.5. The van der Waals surface area contributed by atoms with Gasteiger partial charge in [0.25, 0.3) is 0 Å². The normalized spacial score (nSPS) is 35.9. The summed E-state index contributed by atoms with van der Waals surface area (Å²) < 4.78 is 6.34. The maximum absolute atomic E-state index is 13.6. The predicted octanol–water partition coefficient (Wildman–Crippen LogP) is 1.99. The number of carbonyl (C=O) groups is 1. The molecule has 0 aromatic heterocycles. The molecule has 3 heterocycles. The molecule has 0 unspecified atom stereocenters. The van der Waals surface area contributed by atoms with Crippen LogP contribution in [-0.4, -0.2) is 60.4 Å². The number of fused-ring (bicyclic) bond motifs is 1. The summed E-state index contributed by atoms with van der Waals surface area (Å²) in [6.07, 6.45) is 2.94. The van der Waals surface area contributed by atoms with Crippen LogP contribution in [0.4, 0.5) is 0 Å². The van der Waals surface area contributed by atoms with Gasteiger partial charge in [-0.2, -0.15) is 0 Å². The van der Waals surface area contributed by atoms with Crippen LogP contribution in [0.3, 0.4) is 0 Å². The molecular formula is C20H26Cl2N2O3. The van der Waals surface area contributed by atoms with Crippen molar-refractivity contribution < 1.29 is 14.6 Å². The Kier molecular flexibility index (Phi) is 4.97. The van der Waals surface area contributed by atoms with Crippen LogP contribution in [0.2, 0.25) is 5.02 Å². The Hall–Kier alpha value is -0.850. The zero-order valence-corrected chi connectivity index (χ0v) is 16.8. The highest BCUT2D eigenvalue weighted by Gasteiger charge is 2.63. The lowest BCUT2D eigenvalue weighted by atomic mass is 9.63. The van der Waals surface area contributed by atoms with E-state index >= 15 is 0 Å². The highest BCUT2D eigenvalue weighted by molar-refractivity contribution is 6.30. The Morgan fingerprint density at radius 1 is 1.33 bits per heavy atom. The molecule has 27 heavy (non-hydrogen) atoms. The number of nitrogens with zero attached hydrogens (tertiary/aromatic N) is 1. The fourth-order valence-corrected chi connectivity index (χ4v) is 5.81. The number of halogens is 2. The number of aliphatic hydroxyl groups excluding tert-OH is 1. The number of aliphatic hydroxyl groups is 1. The van der Waals surface area contributed by atoms with Crippen molar-refractivity contribution in [2.24, 2.45) is 11.8 Å². The molecule has 1 spiro atoms. The van der Waals surface area contributed by atoms with Crippen LogP contribution in [0.5, 0.6) is 0 Å². The van der Waals surface area contributed by atoms with Gasteiger partial charge in [0.15, 0.2) is 0 Å². The van der Waals surface area contributed by atoms with Crippen molar-refractivity contribution >= 4 is 29.9 Å². The predicted molar refractivity (Wildman–Crippen MR) is 105 cm³/mol. The van der Waals surface area contributed by atoms with Crippen LogP contribution in [0, 0.1) is 11.8 Å². The third-order valence-corrected chi connectivity index (χ3v) is 7.46. The summed E-state index contributed by atoms with van der Waals surface area (Å²) >= 11 is 6.04. The second kappa shape index (κ2) is 6.89. The quantitative estimate of drug-likeness (QED) is 0.796. The molecule has 4 atom stereocenters. The zero-order chi connectivity index (χ0) is 17.9. The van der Waals surface area contributed by atoms with Gasteiger partial charge < -0.3 is 20.1 Å². The van der Waals surface area contributed by atoms with E-state index < -0.39 is 5.41 Å². The van der Waals surface area contributed by atoms with Crippen LogP contribution in [0.25, 0.3) is 0 Å². The van der Waals surface area contributed by atoms with Crippen molar-refractivity contribution in [1.82, 2.24) is 10.2 Å². The van der Waals surface area contributed by atoms with E-state index in [0.717, 1.165) is 37.9 Å². The van der Waals surface area contributed by atoms with Crippen LogP contribution in [0.1, 0.15) is 24.8 Å². The average molecular weight is 413 g/mol. The standard InChI is InChI=1S/C20H25ClN2O3.ClH/c21-14-4-2-13(3-5-14)19(6-1-7-19)18(25)23-9-16-15(10-24)17-8-22-11-20(16,12-23)26-17;/h2-5,15-17,22,24H,1,6-12H2;1H/t15-,16+,17+,20+;/m0./s1. The highest BCUT2D eigenvalue weighted by Crippen LogP contribution is 2.51. The molecule has 1 aromatic carbocycles. The Labute approximate surface area is 170 Å². The van der Waals surface area contributed by atoms with E-state index in [4.69, 9.17) is 16.3 Å². The van der Waals surface area contributed by atoms with Gasteiger partial charge in [-0.05, 0) is 30.5 Å². The number of morpholine rings is 1. The summed E-state index contributed by atoms with van der Waals surface area (Å²) in [6.45, 7) is 3.01. The minimum Gasteiger partial charge on any atom is -0.396 e. The molecule has 3 aliphatic heterocycles. The second-order valence-electron chi connectivity index (χ2n) is 8.43. The Morgan fingerprint density at radius 2 is 2.07 bits per heavy atom. The van der Waals surface area contributed by atoms with Crippen molar-refractivity contribution in [3.05, 3.63) is 34.9 Å². The lowest BCUT2D eigenvalue weighted by molar-refractivity contribution is -0.143. The molecule has 1 amide bonds. The molecule has 2 bridgehead atoms. The van der Waals surface area contributed by atoms with Gasteiger partial charge in [-0.25, -0.2) is 0 Å². The molecule has 0 radical (unpaired) electrons. The van der Waals surface area contributed by atoms with Crippen LogP contribution >= 0.6 is 24.0 Å². The summed E-state index contributed by atoms with van der Waals surface area (Å²) in [6, 6.07) is 7.75. The average Bonchev–Trinajstić information content (AvgIpc) is 3.03. The van der Waals surface area contributed by atoms with Gasteiger partial charge in [0.05, 0.1) is 18.1 Å². The van der Waals surface area contributed by atoms with E-state index in [-0.39, 0.29) is 48.5 Å². The third kappa shape index (κ3) is 2.74. The SMILES string of the molecule is Cl.O=C(N1C[C@@H]2[C@H](CO)[C@H]3CNC[C@]2(C1)O3)C1(c2ccc(Cl)cc2)CCC1. The molecule has 1 saturated carbocycles. The van der Waals surface area contributed by atoms with Crippen molar-refractivity contribution in [3.8, 4) is 0 Å². The van der Waals surface area contributed by atoms with E-state index in [9.17, 15) is 9.90 Å². The summed E-state index contributed by atoms with van der Waals surface area (Å²) in [5.41, 5.74) is 0.347. The molecule has 7 heteroatoms. The highest BCUT2D eigenvalue weighted by atomic mass is 35.5. The molecule has 4 fully saturated rings. The van der Waals surface area contributed by atoms with Gasteiger partial charge in [-0.3, -0.25) is 4.79 Å². The molecular weight excluding hydrogens is 387 g/mol. The lowest BCUT2D eigenvalue weighted by Gasteiger charge is -2.44. The van der Waals surface area contributed by atoms with E-state index in [1.165, 1.54) is 0 Å². The molecule has 3 saturated heterocycles. The molecule has 148 valence electrons. The molecule has 2 N–H and O–H groups in total. The molecule has 1 aliphatic carbocycles. The zero-order valence-electron chi connectivity index (χ0n) is 15.2. The van der Waals surface area contributed by atoms with Crippen LogP contribution in [-0.2, 0) is 14.9 Å². The number of rotatable bonds is 3. The fraction of sp³-hybridized carbons (Fsp3) is 0.650. The third-order valence-electron chi connectivity index (χ3n) is 7.21. The number of hydrogen-bond donors (Lipinski definition) is 2. The maximum atomic E-state index is 13.6. The fourth-order valence-electron chi connectivity index (χ4n) is 5.68. The number of hydrogen-bond acceptors (Lipinski definition) is 4. The summed E-state index contributed by atoms with van der Waals surface area (Å²) in [4.78, 5) is 15.6. The minimum absolute atomic E-state index is 0. The first-order valence-corrected chi connectivity index (χ1v) is 10.0. The lowest BCUT2D eigenvalue weighted by Crippen LogP contribution is -2.55. The largest absolute Gasteiger partial charge is 0.396 e. The summed E-state index contributed by atoms with van der Waals surface area (Å²) in [7, 11) is 0. The van der Waals surface area contributed by atoms with Crippen molar-refractivity contribution in [3.63, 3.8) is 0 Å². The molecule has 1 aromatic rings. The van der Waals surface area contributed by atoms with Gasteiger partial charge >= 0.3 is 0 Å². The van der Waals surface area contributed by atoms with E-state index in [0.29, 0.717) is 18.1 Å². The number of amides is 1. The molecule has 5 rings (SSSR count). The Morgan fingerprint density at radius 3 is 2.70 bits per heavy atom. The Balaban J connectivity index is 0.00000180. The van der Waals surface area contributed by atoms with Gasteiger partial charge in [-0.1, -0.05) is 30.2 Å². The van der Waals surface area contributed by atoms with Crippen LogP contribution in [0.15, 0.2) is 24.3 Å². The van der Waals surface area contributed by atoms with E-state index in [2.05, 4.69) is 5.32 Å². The number of ether oxygens (including phenoxy) is 1. The summed E-state index contributed by atoms with van der Waals surface area (Å²) in [5, 5.41) is 14.0. The van der Waals surface area contributed by atoms with Gasteiger partial charge in [-0.15, -0.1) is 12.4 Å². The summed E-state index contributed by atoms with van der Waals surface area (Å²) in [5.74, 6) is 0.562. The Bertz CT molecular complexity index is 724. The van der Waals surface area contributed by atoms with Crippen molar-refractivity contribution in [1.29, 1.82) is 0 Å². The van der Waals surface area contributed by atoms with E-state index in [1.54, 1.807) is 0 Å². The first-order chi connectivity index (χ1) is 12.6. The van der Waals surface area contributed by atoms with Gasteiger partial charge in [0.1, 0.15) is 5.60 Å².